The van der Waals surface area contributed by atoms with Gasteiger partial charge in [0, 0.05) is 12.1 Å². The lowest BCUT2D eigenvalue weighted by Gasteiger charge is -2.50. The van der Waals surface area contributed by atoms with Crippen LogP contribution in [0.15, 0.2) is 24.3 Å². The van der Waals surface area contributed by atoms with Crippen molar-refractivity contribution in [2.45, 2.75) is 68.9 Å². The Labute approximate surface area is 142 Å². The van der Waals surface area contributed by atoms with Crippen molar-refractivity contribution >= 4 is 17.6 Å². The standard InChI is InChI=1S/C19H25N3O2/c23-17-10-9-16(19(22-17)11-2-12-19)21-18(24)20-15-7-5-14(6-8-15)13-3-1-4-13/h5-8,13,16H,1-4,9-12H2,(H,22,23)(H2,20,21,24)/t16-/m1/s1. The van der Waals surface area contributed by atoms with Crippen LogP contribution >= 0.6 is 0 Å². The van der Waals surface area contributed by atoms with E-state index in [1.54, 1.807) is 0 Å². The van der Waals surface area contributed by atoms with Crippen molar-refractivity contribution in [3.8, 4) is 0 Å². The van der Waals surface area contributed by atoms with E-state index in [0.717, 1.165) is 31.4 Å². The number of anilines is 1. The molecule has 1 heterocycles. The summed E-state index contributed by atoms with van der Waals surface area (Å²) in [4.78, 5) is 24.0. The molecule has 3 fully saturated rings. The van der Waals surface area contributed by atoms with Crippen LogP contribution in [0.1, 0.15) is 62.8 Å². The number of nitrogens with one attached hydrogen (secondary N) is 3. The third-order valence-corrected chi connectivity index (χ3v) is 6.01. The predicted molar refractivity (Wildman–Crippen MR) is 92.9 cm³/mol. The second kappa shape index (κ2) is 6.11. The quantitative estimate of drug-likeness (QED) is 0.797. The van der Waals surface area contributed by atoms with Gasteiger partial charge in [-0.2, -0.15) is 0 Å². The Balaban J connectivity index is 1.35. The molecule has 4 rings (SSSR count). The zero-order valence-corrected chi connectivity index (χ0v) is 13.9. The van der Waals surface area contributed by atoms with E-state index < -0.39 is 0 Å². The fourth-order valence-corrected chi connectivity index (χ4v) is 4.13. The molecule has 0 unspecified atom stereocenters. The highest BCUT2D eigenvalue weighted by molar-refractivity contribution is 5.90. The SMILES string of the molecule is O=C1CC[C@@H](NC(=O)Nc2ccc(C3CCC3)cc2)C2(CCC2)N1. The van der Waals surface area contributed by atoms with E-state index in [0.29, 0.717) is 12.3 Å². The third kappa shape index (κ3) is 2.87. The van der Waals surface area contributed by atoms with E-state index in [1.165, 1.54) is 24.8 Å². The molecule has 1 aromatic carbocycles. The molecule has 1 aromatic rings. The summed E-state index contributed by atoms with van der Waals surface area (Å²) in [5.41, 5.74) is 1.98. The Kier molecular flexibility index (Phi) is 3.94. The number of benzene rings is 1. The molecule has 5 nitrogen and oxygen atoms in total. The van der Waals surface area contributed by atoms with E-state index in [4.69, 9.17) is 0 Å². The van der Waals surface area contributed by atoms with Crippen LogP contribution in [-0.2, 0) is 4.79 Å². The second-order valence-corrected chi connectivity index (χ2v) is 7.50. The van der Waals surface area contributed by atoms with Gasteiger partial charge in [0.15, 0.2) is 0 Å². The number of carbonyl (C=O) groups is 2. The van der Waals surface area contributed by atoms with Crippen molar-refractivity contribution in [2.75, 3.05) is 5.32 Å². The maximum atomic E-state index is 12.3. The van der Waals surface area contributed by atoms with Gasteiger partial charge >= 0.3 is 6.03 Å². The highest BCUT2D eigenvalue weighted by atomic mass is 16.2. The van der Waals surface area contributed by atoms with Crippen molar-refractivity contribution in [2.24, 2.45) is 0 Å². The van der Waals surface area contributed by atoms with E-state index in [1.807, 2.05) is 12.1 Å². The molecular weight excluding hydrogens is 302 g/mol. The van der Waals surface area contributed by atoms with Crippen LogP contribution in [0, 0.1) is 0 Å². The van der Waals surface area contributed by atoms with Gasteiger partial charge in [-0.3, -0.25) is 4.79 Å². The topological polar surface area (TPSA) is 70.2 Å². The van der Waals surface area contributed by atoms with Gasteiger partial charge in [0.25, 0.3) is 0 Å². The van der Waals surface area contributed by atoms with Gasteiger partial charge in [0.2, 0.25) is 5.91 Å². The number of rotatable bonds is 3. The molecule has 1 aliphatic heterocycles. The molecule has 2 saturated carbocycles. The predicted octanol–water partition coefficient (Wildman–Crippen LogP) is 3.28. The number of amides is 3. The van der Waals surface area contributed by atoms with Gasteiger partial charge in [-0.25, -0.2) is 4.79 Å². The summed E-state index contributed by atoms with van der Waals surface area (Å²) >= 11 is 0. The van der Waals surface area contributed by atoms with Gasteiger partial charge in [0.1, 0.15) is 0 Å². The van der Waals surface area contributed by atoms with Gasteiger partial charge < -0.3 is 16.0 Å². The summed E-state index contributed by atoms with van der Waals surface area (Å²) in [5, 5.41) is 9.10. The number of hydrogen-bond acceptors (Lipinski definition) is 2. The summed E-state index contributed by atoms with van der Waals surface area (Å²) < 4.78 is 0. The maximum absolute atomic E-state index is 12.3. The molecule has 0 aromatic heterocycles. The maximum Gasteiger partial charge on any atom is 0.319 e. The van der Waals surface area contributed by atoms with Gasteiger partial charge in [-0.1, -0.05) is 18.6 Å². The van der Waals surface area contributed by atoms with Crippen molar-refractivity contribution in [3.05, 3.63) is 29.8 Å². The van der Waals surface area contributed by atoms with E-state index in [-0.39, 0.29) is 23.5 Å². The molecule has 2 aliphatic carbocycles. The van der Waals surface area contributed by atoms with Crippen LogP contribution in [0.3, 0.4) is 0 Å². The first kappa shape index (κ1) is 15.5. The highest BCUT2D eigenvalue weighted by Crippen LogP contribution is 2.39. The number of piperidine rings is 1. The van der Waals surface area contributed by atoms with Crippen LogP contribution in [0.25, 0.3) is 0 Å². The first-order valence-corrected chi connectivity index (χ1v) is 9.13. The van der Waals surface area contributed by atoms with Gasteiger partial charge in [0.05, 0.1) is 11.6 Å². The lowest BCUT2D eigenvalue weighted by Crippen LogP contribution is -2.68. The minimum Gasteiger partial charge on any atom is -0.349 e. The van der Waals surface area contributed by atoms with Crippen LogP contribution in [0.2, 0.25) is 0 Å². The van der Waals surface area contributed by atoms with Crippen molar-refractivity contribution in [1.29, 1.82) is 0 Å². The summed E-state index contributed by atoms with van der Waals surface area (Å²) in [6, 6.07) is 8.04. The largest absolute Gasteiger partial charge is 0.349 e. The normalized spacial score (nSPS) is 25.3. The van der Waals surface area contributed by atoms with Crippen LogP contribution in [0.4, 0.5) is 10.5 Å². The second-order valence-electron chi connectivity index (χ2n) is 7.50. The Bertz CT molecular complexity index is 633. The Morgan fingerprint density at radius 3 is 2.42 bits per heavy atom. The Morgan fingerprint density at radius 2 is 1.83 bits per heavy atom. The molecule has 1 atom stereocenters. The number of urea groups is 1. The molecule has 3 aliphatic rings. The minimum atomic E-state index is -0.208. The van der Waals surface area contributed by atoms with E-state index in [9.17, 15) is 9.59 Å². The molecule has 128 valence electrons. The number of carbonyl (C=O) groups excluding carboxylic acids is 2. The monoisotopic (exact) mass is 327 g/mol. The lowest BCUT2D eigenvalue weighted by atomic mass is 9.68. The lowest BCUT2D eigenvalue weighted by molar-refractivity contribution is -0.127. The summed E-state index contributed by atoms with van der Waals surface area (Å²) in [6.07, 6.45) is 8.13. The fraction of sp³-hybridized carbons (Fsp3) is 0.579. The van der Waals surface area contributed by atoms with Crippen LogP contribution in [-0.4, -0.2) is 23.5 Å². The molecule has 24 heavy (non-hydrogen) atoms. The highest BCUT2D eigenvalue weighted by Gasteiger charge is 2.48. The van der Waals surface area contributed by atoms with Gasteiger partial charge in [-0.05, 0) is 62.1 Å². The molecular formula is C19H25N3O2. The van der Waals surface area contributed by atoms with Crippen molar-refractivity contribution < 1.29 is 9.59 Å². The zero-order valence-electron chi connectivity index (χ0n) is 13.9. The molecule has 0 bridgehead atoms. The molecule has 1 spiro atoms. The average molecular weight is 327 g/mol. The molecule has 1 saturated heterocycles. The first-order chi connectivity index (χ1) is 11.6. The molecule has 3 N–H and O–H groups in total. The smallest absolute Gasteiger partial charge is 0.319 e. The third-order valence-electron chi connectivity index (χ3n) is 6.01. The molecule has 5 heteroatoms. The van der Waals surface area contributed by atoms with Crippen molar-refractivity contribution in [1.82, 2.24) is 10.6 Å². The fourth-order valence-electron chi connectivity index (χ4n) is 4.13. The van der Waals surface area contributed by atoms with E-state index >= 15 is 0 Å². The molecule has 0 radical (unpaired) electrons. The minimum absolute atomic E-state index is 0.0261. The summed E-state index contributed by atoms with van der Waals surface area (Å²) in [7, 11) is 0. The van der Waals surface area contributed by atoms with Crippen LogP contribution < -0.4 is 16.0 Å². The summed E-state index contributed by atoms with van der Waals surface area (Å²) in [6.45, 7) is 0. The van der Waals surface area contributed by atoms with Crippen molar-refractivity contribution in [3.63, 3.8) is 0 Å². The summed E-state index contributed by atoms with van der Waals surface area (Å²) in [5.74, 6) is 0.817. The average Bonchev–Trinajstić information content (AvgIpc) is 2.47. The van der Waals surface area contributed by atoms with Crippen LogP contribution in [0.5, 0.6) is 0 Å². The first-order valence-electron chi connectivity index (χ1n) is 9.13. The van der Waals surface area contributed by atoms with Gasteiger partial charge in [-0.15, -0.1) is 0 Å². The Hall–Kier alpha value is -2.04. The van der Waals surface area contributed by atoms with E-state index in [2.05, 4.69) is 28.1 Å². The number of hydrogen-bond donors (Lipinski definition) is 3. The Morgan fingerprint density at radius 1 is 1.08 bits per heavy atom. The molecule has 3 amide bonds. The zero-order chi connectivity index (χ0) is 16.6.